The number of carboxylic acid groups (broad SMARTS) is 1. The van der Waals surface area contributed by atoms with Crippen LogP contribution in [-0.2, 0) is 27.9 Å². The van der Waals surface area contributed by atoms with Crippen molar-refractivity contribution in [2.45, 2.75) is 63.1 Å². The highest BCUT2D eigenvalue weighted by molar-refractivity contribution is 7.89. The quantitative estimate of drug-likeness (QED) is 0.338. The molecular weight excluding hydrogens is 540 g/mol. The first kappa shape index (κ1) is 27.2. The number of hydrogen-bond donors (Lipinski definition) is 1. The summed E-state index contributed by atoms with van der Waals surface area (Å²) in [6.45, 7) is 4.79. The number of fused-ring (bicyclic) bond motifs is 5. The van der Waals surface area contributed by atoms with Gasteiger partial charge in [-0.05, 0) is 72.7 Å². The van der Waals surface area contributed by atoms with Crippen LogP contribution in [0.5, 0.6) is 5.75 Å². The van der Waals surface area contributed by atoms with Crippen LogP contribution >= 0.6 is 0 Å². The van der Waals surface area contributed by atoms with Crippen molar-refractivity contribution >= 4 is 27.0 Å². The van der Waals surface area contributed by atoms with E-state index in [9.17, 15) is 18.3 Å². The molecule has 7 rings (SSSR count). The van der Waals surface area contributed by atoms with Gasteiger partial charge < -0.3 is 9.84 Å². The number of para-hydroxylation sites is 1. The number of aryl methyl sites for hydroxylation is 2. The number of ether oxygens (including phenoxy) is 1. The zero-order valence-corrected chi connectivity index (χ0v) is 23.8. The van der Waals surface area contributed by atoms with E-state index in [-0.39, 0.29) is 30.5 Å². The minimum Gasteiger partial charge on any atom is -0.488 e. The third-order valence-corrected chi connectivity index (χ3v) is 9.98. The Morgan fingerprint density at radius 1 is 1.10 bits per heavy atom. The van der Waals surface area contributed by atoms with Gasteiger partial charge in [0, 0.05) is 12.5 Å². The highest BCUT2D eigenvalue weighted by atomic mass is 32.2. The van der Waals surface area contributed by atoms with Crippen molar-refractivity contribution in [3.63, 3.8) is 0 Å². The van der Waals surface area contributed by atoms with Crippen LogP contribution in [0.4, 0.5) is 0 Å². The Labute approximate surface area is 239 Å². The van der Waals surface area contributed by atoms with E-state index < -0.39 is 21.9 Å². The lowest BCUT2D eigenvalue weighted by atomic mass is 9.84. The van der Waals surface area contributed by atoms with E-state index in [1.165, 1.54) is 4.31 Å². The summed E-state index contributed by atoms with van der Waals surface area (Å²) in [4.78, 5) is 12.2. The number of allylic oxidation sites excluding steroid dienone is 2. The molecule has 1 aromatic heterocycles. The van der Waals surface area contributed by atoms with E-state index in [0.717, 1.165) is 38.9 Å². The van der Waals surface area contributed by atoms with Gasteiger partial charge in [-0.3, -0.25) is 4.79 Å². The maximum Gasteiger partial charge on any atom is 0.304 e. The summed E-state index contributed by atoms with van der Waals surface area (Å²) in [5.74, 6) is -0.999. The molecule has 212 valence electrons. The molecule has 0 fully saturated rings. The van der Waals surface area contributed by atoms with Crippen LogP contribution in [0.2, 0.25) is 0 Å². The highest BCUT2D eigenvalue weighted by Gasteiger charge is 2.35. The van der Waals surface area contributed by atoms with Gasteiger partial charge in [-0.25, -0.2) is 13.1 Å². The second-order valence-electron chi connectivity index (χ2n) is 10.8. The van der Waals surface area contributed by atoms with Crippen molar-refractivity contribution in [3.05, 3.63) is 94.6 Å². The molecule has 4 heterocycles. The molecule has 3 aromatic carbocycles. The highest BCUT2D eigenvalue weighted by Crippen LogP contribution is 2.36. The Balaban J connectivity index is 1.51. The molecule has 41 heavy (non-hydrogen) atoms. The molecule has 1 N–H and O–H groups in total. The summed E-state index contributed by atoms with van der Waals surface area (Å²) >= 11 is 0. The van der Waals surface area contributed by atoms with Crippen molar-refractivity contribution in [2.75, 3.05) is 6.54 Å². The standard InChI is InChI=1S/C31H32N4O5S/c1-20-11-12-22-16-23(20)18-34-19-24(40-28-9-5-6-10-29(28)41(34,38)39)8-4-3-7-15-35-27-14-13-25(26(22)17-30(36)37)21(2)31(27)32-33-35/h3,5-7,9-14,16,24,26H,4,8,15,17-19H2,1-2H3,(H,36,37)/b7-3+. The SMILES string of the molecule is Cc1ccc2cc1CN1CC(CC/C=C/Cn3nnc4c(C)c(ccc43)C2CC(=O)O)Oc2ccccc2S1(=O)=O. The average Bonchev–Trinajstić information content (AvgIpc) is 3.32. The molecule has 0 saturated heterocycles. The molecule has 0 amide bonds. The first-order valence-electron chi connectivity index (χ1n) is 13.8. The lowest BCUT2D eigenvalue weighted by Gasteiger charge is -2.25. The molecular formula is C31H32N4O5S. The fourth-order valence-corrected chi connectivity index (χ4v) is 7.43. The smallest absolute Gasteiger partial charge is 0.304 e. The van der Waals surface area contributed by atoms with Crippen molar-refractivity contribution in [2.24, 2.45) is 0 Å². The molecule has 10 heteroatoms. The second kappa shape index (κ2) is 10.8. The minimum absolute atomic E-state index is 0.114. The summed E-state index contributed by atoms with van der Waals surface area (Å²) in [5.41, 5.74) is 5.95. The van der Waals surface area contributed by atoms with Gasteiger partial charge in [-0.1, -0.05) is 53.8 Å². The molecule has 3 aliphatic rings. The van der Waals surface area contributed by atoms with Gasteiger partial charge in [-0.2, -0.15) is 4.31 Å². The number of carbonyl (C=O) groups is 1. The van der Waals surface area contributed by atoms with Crippen molar-refractivity contribution in [1.82, 2.24) is 19.3 Å². The number of sulfonamides is 1. The summed E-state index contributed by atoms with van der Waals surface area (Å²) in [5, 5.41) is 18.7. The van der Waals surface area contributed by atoms with Crippen LogP contribution in [0.15, 0.2) is 71.6 Å². The number of hydrogen-bond acceptors (Lipinski definition) is 6. The Morgan fingerprint density at radius 3 is 2.76 bits per heavy atom. The molecule has 0 aliphatic carbocycles. The zero-order chi connectivity index (χ0) is 28.7. The van der Waals surface area contributed by atoms with Crippen molar-refractivity contribution in [3.8, 4) is 5.75 Å². The number of rotatable bonds is 2. The molecule has 0 radical (unpaired) electrons. The summed E-state index contributed by atoms with van der Waals surface area (Å²) < 4.78 is 37.4. The molecule has 9 nitrogen and oxygen atoms in total. The molecule has 4 aromatic rings. The maximum atomic E-state index is 13.9. The molecule has 3 atom stereocenters. The first-order valence-corrected chi connectivity index (χ1v) is 15.2. The Morgan fingerprint density at radius 2 is 1.93 bits per heavy atom. The zero-order valence-electron chi connectivity index (χ0n) is 23.0. The van der Waals surface area contributed by atoms with E-state index in [1.807, 2.05) is 54.9 Å². The third kappa shape index (κ3) is 5.13. The normalized spacial score (nSPS) is 22.7. The fraction of sp³-hybridized carbons (Fsp3) is 0.323. The summed E-state index contributed by atoms with van der Waals surface area (Å²) in [7, 11) is -3.85. The van der Waals surface area contributed by atoms with E-state index >= 15 is 0 Å². The molecule has 3 aliphatic heterocycles. The Hall–Kier alpha value is -4.02. The molecule has 8 bridgehead atoms. The number of benzene rings is 3. The van der Waals surface area contributed by atoms with Gasteiger partial charge in [0.05, 0.1) is 25.0 Å². The Kier molecular flexibility index (Phi) is 7.13. The Bertz CT molecular complexity index is 1780. The summed E-state index contributed by atoms with van der Waals surface area (Å²) in [6.07, 6.45) is 4.98. The van der Waals surface area contributed by atoms with Gasteiger partial charge in [0.15, 0.2) is 0 Å². The monoisotopic (exact) mass is 572 g/mol. The van der Waals surface area contributed by atoms with Crippen molar-refractivity contribution < 1.29 is 23.1 Å². The molecule has 3 unspecified atom stereocenters. The number of carboxylic acids is 1. The van der Waals surface area contributed by atoms with Gasteiger partial charge >= 0.3 is 5.97 Å². The third-order valence-electron chi connectivity index (χ3n) is 8.13. The summed E-state index contributed by atoms with van der Waals surface area (Å²) in [6, 6.07) is 16.6. The van der Waals surface area contributed by atoms with Crippen molar-refractivity contribution in [1.29, 1.82) is 0 Å². The minimum atomic E-state index is -3.85. The van der Waals surface area contributed by atoms with E-state index in [1.54, 1.807) is 24.3 Å². The van der Waals surface area contributed by atoms with Gasteiger partial charge in [0.2, 0.25) is 10.0 Å². The van der Waals surface area contributed by atoms with Crippen LogP contribution in [0.3, 0.4) is 0 Å². The van der Waals surface area contributed by atoms with Gasteiger partial charge in [0.25, 0.3) is 0 Å². The number of aliphatic carboxylic acids is 1. The second-order valence-corrected chi connectivity index (χ2v) is 12.7. The topological polar surface area (TPSA) is 115 Å². The van der Waals surface area contributed by atoms with Crippen LogP contribution in [0, 0.1) is 13.8 Å². The number of aromatic nitrogens is 3. The first-order chi connectivity index (χ1) is 19.7. The van der Waals surface area contributed by atoms with E-state index in [2.05, 4.69) is 16.4 Å². The number of nitrogens with zero attached hydrogens (tertiary/aromatic N) is 4. The van der Waals surface area contributed by atoms with Crippen LogP contribution in [0.25, 0.3) is 11.0 Å². The van der Waals surface area contributed by atoms with Crippen LogP contribution in [-0.4, -0.2) is 51.4 Å². The lowest BCUT2D eigenvalue weighted by molar-refractivity contribution is -0.137. The maximum absolute atomic E-state index is 13.9. The fourth-order valence-electron chi connectivity index (χ4n) is 5.86. The van der Waals surface area contributed by atoms with E-state index in [4.69, 9.17) is 4.74 Å². The van der Waals surface area contributed by atoms with Gasteiger partial charge in [0.1, 0.15) is 22.3 Å². The van der Waals surface area contributed by atoms with Crippen LogP contribution < -0.4 is 4.74 Å². The van der Waals surface area contributed by atoms with E-state index in [0.29, 0.717) is 25.1 Å². The molecule has 0 saturated carbocycles. The predicted molar refractivity (Wildman–Crippen MR) is 154 cm³/mol. The predicted octanol–water partition coefficient (Wildman–Crippen LogP) is 4.96. The molecule has 0 spiro atoms. The van der Waals surface area contributed by atoms with Crippen LogP contribution in [0.1, 0.15) is 53.0 Å². The lowest BCUT2D eigenvalue weighted by Crippen LogP contribution is -2.36. The average molecular weight is 573 g/mol. The van der Waals surface area contributed by atoms with Gasteiger partial charge in [-0.15, -0.1) is 5.10 Å². The largest absolute Gasteiger partial charge is 0.488 e.